The Bertz CT molecular complexity index is 3220. The molecule has 37 nitrogen and oxygen atoms in total. The molecular formula is C68H112N16O21S2. The number of benzene rings is 1. The highest BCUT2D eigenvalue weighted by atomic mass is 32.2. The largest absolute Gasteiger partial charge is 0.508 e. The van der Waals surface area contributed by atoms with Gasteiger partial charge in [0.2, 0.25) is 70.9 Å². The summed E-state index contributed by atoms with van der Waals surface area (Å²) in [4.78, 5) is 210. The Morgan fingerprint density at radius 3 is 1.50 bits per heavy atom. The van der Waals surface area contributed by atoms with E-state index in [0.29, 0.717) is 25.0 Å². The maximum Gasteiger partial charge on any atom is 0.326 e. The number of carbonyl (C=O) groups is 15. The van der Waals surface area contributed by atoms with Crippen LogP contribution in [0.5, 0.6) is 5.75 Å². The molecule has 23 N–H and O–H groups in total. The third-order valence-corrected chi connectivity index (χ3v) is 18.2. The van der Waals surface area contributed by atoms with Crippen molar-refractivity contribution >= 4 is 119 Å². The summed E-state index contributed by atoms with van der Waals surface area (Å²) in [5.41, 5.74) is 17.1. The fourth-order valence-electron chi connectivity index (χ4n) is 11.2. The van der Waals surface area contributed by atoms with Gasteiger partial charge in [-0.25, -0.2) is 4.79 Å². The second-order valence-corrected chi connectivity index (χ2v) is 29.0. The van der Waals surface area contributed by atoms with E-state index in [4.69, 9.17) is 17.2 Å². The third-order valence-electron chi connectivity index (χ3n) is 17.2. The van der Waals surface area contributed by atoms with Crippen LogP contribution in [-0.4, -0.2) is 252 Å². The molecule has 0 radical (unpaired) electrons. The van der Waals surface area contributed by atoms with Crippen molar-refractivity contribution in [3.05, 3.63) is 29.8 Å². The zero-order chi connectivity index (χ0) is 81.1. The molecule has 0 spiro atoms. The molecule has 12 amide bonds. The van der Waals surface area contributed by atoms with E-state index in [1.54, 1.807) is 55.4 Å². The van der Waals surface area contributed by atoms with E-state index in [0.717, 1.165) is 6.92 Å². The lowest BCUT2D eigenvalue weighted by molar-refractivity contribution is -0.143. The standard InChI is InChI=1S/C68H112N16O21S2/c1-11-36(8)53(64(101)79-44(27-34(4)5)56(93)74-42(67(104)105)14-12-23-72-68(70)71)82-60(97)45(28-35(6)7)76-61(98)48(31-85)80-57(94)43(26-33(2)3)75-58(95)46(29-38-16-18-39(87)19-17-38)77-59(96)47(30-52(90)91)78-55(92)41(20-21-51(88)89)73-65(102)54(37(9)86)83-62(99)49(32-106)81-63(100)50-15-13-24-84(50)66(103)40(69)22-25-107-10/h16-19,33-37,40-50,53-54,85-87,106H,11-15,20-32,69H2,1-10H3,(H,73,102)(H,74,93)(H,75,95)(H,76,98)(H,77,96)(H,78,92)(H,79,101)(H,80,94)(H,81,100)(H,82,97)(H,83,99)(H,88,89)(H,90,91)(H,104,105)(H4,70,71,72)/t36-,37+,40-,41-,42-,43-,44-,45-,46-,47-,48-,49-,50-,53-,54-/m0/s1. The quantitative estimate of drug-likeness (QED) is 0.0129. The number of aliphatic imine (C=N–C) groups is 1. The number of guanidine groups is 1. The second kappa shape index (κ2) is 47.6. The summed E-state index contributed by atoms with van der Waals surface area (Å²) in [5.74, 6) is -18.4. The monoisotopic (exact) mass is 1550 g/mol. The van der Waals surface area contributed by atoms with E-state index in [1.807, 2.05) is 6.26 Å². The van der Waals surface area contributed by atoms with Gasteiger partial charge in [-0.3, -0.25) is 72.1 Å². The molecule has 2 rings (SSSR count). The first-order valence-corrected chi connectivity index (χ1v) is 37.5. The molecule has 15 atom stereocenters. The minimum Gasteiger partial charge on any atom is -0.508 e. The van der Waals surface area contributed by atoms with E-state index >= 15 is 0 Å². The molecular weight excluding hydrogens is 1440 g/mol. The number of thioether (sulfide) groups is 1. The maximum atomic E-state index is 14.6. The van der Waals surface area contributed by atoms with Crippen LogP contribution in [0.15, 0.2) is 29.3 Å². The summed E-state index contributed by atoms with van der Waals surface area (Å²) in [7, 11) is 0. The number of hydrogen-bond acceptors (Lipinski definition) is 22. The number of carboxylic acids is 3. The number of nitrogens with zero attached hydrogens (tertiary/aromatic N) is 2. The molecule has 0 saturated carbocycles. The Balaban J connectivity index is 2.48. The van der Waals surface area contributed by atoms with Crippen molar-refractivity contribution < 1.29 is 103 Å². The molecule has 0 unspecified atom stereocenters. The van der Waals surface area contributed by atoms with Crippen molar-refractivity contribution in [3.8, 4) is 5.75 Å². The summed E-state index contributed by atoms with van der Waals surface area (Å²) < 4.78 is 0. The van der Waals surface area contributed by atoms with Crippen molar-refractivity contribution in [3.63, 3.8) is 0 Å². The van der Waals surface area contributed by atoms with Crippen LogP contribution in [0, 0.1) is 23.7 Å². The van der Waals surface area contributed by atoms with Crippen molar-refractivity contribution in [2.75, 3.05) is 37.5 Å². The van der Waals surface area contributed by atoms with Gasteiger partial charge < -0.3 is 111 Å². The van der Waals surface area contributed by atoms with Gasteiger partial charge in [-0.15, -0.1) is 0 Å². The lowest BCUT2D eigenvalue weighted by atomic mass is 9.95. The summed E-state index contributed by atoms with van der Waals surface area (Å²) in [6.45, 7) is 14.0. The van der Waals surface area contributed by atoms with Crippen molar-refractivity contribution in [2.45, 2.75) is 230 Å². The Hall–Kier alpha value is -9.08. The maximum absolute atomic E-state index is 14.6. The predicted molar refractivity (Wildman–Crippen MR) is 396 cm³/mol. The molecule has 1 aromatic carbocycles. The van der Waals surface area contributed by atoms with E-state index in [1.165, 1.54) is 40.9 Å². The SMILES string of the molecule is CC[C@H](C)[C@H](NC(=O)[C@H](CC(C)C)NC(=O)[C@H](CO)NC(=O)[C@H](CC(C)C)NC(=O)[C@H](Cc1ccc(O)cc1)NC(=O)[C@H](CC(=O)O)NC(=O)[C@H](CCC(=O)O)NC(=O)[C@@H](NC(=O)[C@H](CS)NC(=O)[C@@H]1CCCN1C(=O)[C@@H](N)CCSC)[C@@H](C)O)C(=O)N[C@@H](CC(C)C)C(=O)N[C@@H](CCCN=C(N)N)C(=O)O. The first-order chi connectivity index (χ1) is 50.2. The van der Waals surface area contributed by atoms with E-state index < -0.39 is 218 Å². The average Bonchev–Trinajstić information content (AvgIpc) is 1.78. The molecule has 0 aromatic heterocycles. The number of aliphatic hydroxyl groups excluding tert-OH is 2. The molecule has 1 fully saturated rings. The van der Waals surface area contributed by atoms with Crippen LogP contribution in [0.25, 0.3) is 0 Å². The topological polar surface area (TPSA) is 603 Å². The Morgan fingerprint density at radius 1 is 0.570 bits per heavy atom. The molecule has 1 saturated heterocycles. The van der Waals surface area contributed by atoms with Gasteiger partial charge in [-0.1, -0.05) is 73.9 Å². The third kappa shape index (κ3) is 33.7. The smallest absolute Gasteiger partial charge is 0.326 e. The zero-order valence-corrected chi connectivity index (χ0v) is 63.9. The molecule has 1 aliphatic rings. The van der Waals surface area contributed by atoms with Crippen LogP contribution in [0.2, 0.25) is 0 Å². The van der Waals surface area contributed by atoms with Gasteiger partial charge in [-0.05, 0) is 118 Å². The highest BCUT2D eigenvalue weighted by Crippen LogP contribution is 2.21. The van der Waals surface area contributed by atoms with Crippen molar-refractivity contribution in [2.24, 2.45) is 45.9 Å². The van der Waals surface area contributed by atoms with Gasteiger partial charge in [0, 0.05) is 31.7 Å². The number of amides is 12. The van der Waals surface area contributed by atoms with Crippen LogP contribution in [-0.2, 0) is 78.3 Å². The van der Waals surface area contributed by atoms with Crippen LogP contribution in [0.1, 0.15) is 145 Å². The fraction of sp³-hybridized carbons (Fsp3) is 0.676. The van der Waals surface area contributed by atoms with Gasteiger partial charge in [-0.2, -0.15) is 24.4 Å². The number of nitrogens with two attached hydrogens (primary N) is 3. The van der Waals surface area contributed by atoms with E-state index in [2.05, 4.69) is 76.1 Å². The number of thiol groups is 1. The number of carboxylic acid groups (broad SMARTS) is 3. The molecule has 39 heteroatoms. The first kappa shape index (κ1) is 94.0. The zero-order valence-electron chi connectivity index (χ0n) is 62.2. The number of aromatic hydroxyl groups is 1. The number of phenols is 1. The average molecular weight is 1550 g/mol. The number of aliphatic hydroxyl groups is 2. The molecule has 0 bridgehead atoms. The van der Waals surface area contributed by atoms with Gasteiger partial charge >= 0.3 is 17.9 Å². The number of rotatable bonds is 49. The van der Waals surface area contributed by atoms with Gasteiger partial charge in [0.15, 0.2) is 5.96 Å². The van der Waals surface area contributed by atoms with Gasteiger partial charge in [0.1, 0.15) is 78.3 Å². The normalized spacial score (nSPS) is 16.6. The second-order valence-electron chi connectivity index (χ2n) is 27.7. The summed E-state index contributed by atoms with van der Waals surface area (Å²) >= 11 is 5.66. The highest BCUT2D eigenvalue weighted by molar-refractivity contribution is 7.98. The van der Waals surface area contributed by atoms with Crippen molar-refractivity contribution in [1.29, 1.82) is 0 Å². The lowest BCUT2D eigenvalue weighted by Gasteiger charge is -2.30. The minimum absolute atomic E-state index is 0.0518. The van der Waals surface area contributed by atoms with Crippen LogP contribution in [0.3, 0.4) is 0 Å². The summed E-state index contributed by atoms with van der Waals surface area (Å²) in [6, 6.07) is -14.9. The molecule has 602 valence electrons. The van der Waals surface area contributed by atoms with Gasteiger partial charge in [0.25, 0.3) is 0 Å². The molecule has 1 aliphatic heterocycles. The lowest BCUT2D eigenvalue weighted by Crippen LogP contribution is -2.62. The van der Waals surface area contributed by atoms with Crippen LogP contribution in [0.4, 0.5) is 0 Å². The number of nitrogens with one attached hydrogen (secondary N) is 11. The highest BCUT2D eigenvalue weighted by Gasteiger charge is 2.41. The molecule has 107 heavy (non-hydrogen) atoms. The molecule has 1 heterocycles. The Labute approximate surface area is 631 Å². The molecule has 0 aliphatic carbocycles. The van der Waals surface area contributed by atoms with E-state index in [-0.39, 0.29) is 86.5 Å². The van der Waals surface area contributed by atoms with Crippen LogP contribution < -0.4 is 75.7 Å². The van der Waals surface area contributed by atoms with Gasteiger partial charge in [0.05, 0.1) is 25.2 Å². The number of hydrogen-bond donors (Lipinski definition) is 21. The minimum atomic E-state index is -2.14. The number of phenolic OH excluding ortho intramolecular Hbond substituents is 1. The van der Waals surface area contributed by atoms with Crippen LogP contribution >= 0.6 is 24.4 Å². The summed E-state index contributed by atoms with van der Waals surface area (Å²) in [5, 5.41) is 87.9. The predicted octanol–water partition coefficient (Wildman–Crippen LogP) is -3.70. The molecule has 1 aromatic rings. The Morgan fingerprint density at radius 2 is 1.02 bits per heavy atom. The fourth-order valence-corrected chi connectivity index (χ4v) is 11.9. The van der Waals surface area contributed by atoms with E-state index in [9.17, 15) is 103 Å². The number of aliphatic carboxylic acids is 3. The van der Waals surface area contributed by atoms with Crippen molar-refractivity contribution in [1.82, 2.24) is 63.4 Å². The number of carbonyl (C=O) groups excluding carboxylic acids is 12. The number of likely N-dealkylation sites (tertiary alicyclic amines) is 1. The Kier molecular flexibility index (Phi) is 41.8. The summed E-state index contributed by atoms with van der Waals surface area (Å²) in [6.07, 6.45) is -1.90. The first-order valence-electron chi connectivity index (χ1n) is 35.5.